The standard InChI is InChI=1S/C36H50O5/c1-2-13-29(37)36(35(41)27-18-6-3-4-7-19-27)23-22-28(32(38)24-20-12-21-24)30(33(39)25-16-10-11-17-25)31(36)34(40)26-14-8-5-9-15-26/h2,13,24-28H,3-12,14-23H2,1H3. The molecule has 4 fully saturated rings. The van der Waals surface area contributed by atoms with Crippen LogP contribution in [0.1, 0.15) is 135 Å². The summed E-state index contributed by atoms with van der Waals surface area (Å²) in [5, 5.41) is 0. The van der Waals surface area contributed by atoms with Crippen molar-refractivity contribution in [2.24, 2.45) is 35.0 Å². The molecule has 0 aliphatic heterocycles. The highest BCUT2D eigenvalue weighted by Gasteiger charge is 2.58. The number of allylic oxidation sites excluding steroid dienone is 4. The first-order valence-corrected chi connectivity index (χ1v) is 17.0. The van der Waals surface area contributed by atoms with Gasteiger partial charge >= 0.3 is 0 Å². The zero-order valence-corrected chi connectivity index (χ0v) is 25.2. The van der Waals surface area contributed by atoms with Gasteiger partial charge in [-0.1, -0.05) is 70.3 Å². The molecule has 0 spiro atoms. The number of carbonyl (C=O) groups is 5. The second kappa shape index (κ2) is 13.4. The van der Waals surface area contributed by atoms with Crippen molar-refractivity contribution in [1.82, 2.24) is 0 Å². The number of hydrogen-bond donors (Lipinski definition) is 0. The summed E-state index contributed by atoms with van der Waals surface area (Å²) < 4.78 is 0. The first kappa shape index (κ1) is 30.3. The van der Waals surface area contributed by atoms with Crippen LogP contribution in [0.25, 0.3) is 0 Å². The van der Waals surface area contributed by atoms with Crippen LogP contribution in [0.5, 0.6) is 0 Å². The summed E-state index contributed by atoms with van der Waals surface area (Å²) in [6.07, 6.45) is 19.6. The number of Topliss-reactive ketones (excluding diaryl/α,β-unsaturated/α-hetero) is 4. The van der Waals surface area contributed by atoms with E-state index in [-0.39, 0.29) is 64.6 Å². The van der Waals surface area contributed by atoms with Crippen LogP contribution in [0.2, 0.25) is 0 Å². The minimum absolute atomic E-state index is 0.0699. The molecule has 0 heterocycles. The Morgan fingerprint density at radius 2 is 1.07 bits per heavy atom. The summed E-state index contributed by atoms with van der Waals surface area (Å²) in [6, 6.07) is 0. The van der Waals surface area contributed by atoms with Crippen LogP contribution in [-0.2, 0) is 24.0 Å². The second-order valence-corrected chi connectivity index (χ2v) is 13.8. The largest absolute Gasteiger partial charge is 0.299 e. The highest BCUT2D eigenvalue weighted by molar-refractivity contribution is 6.25. The first-order valence-electron chi connectivity index (χ1n) is 17.0. The molecule has 0 aromatic heterocycles. The zero-order chi connectivity index (χ0) is 29.0. The lowest BCUT2D eigenvalue weighted by Crippen LogP contribution is -2.52. The summed E-state index contributed by atoms with van der Waals surface area (Å²) in [5.74, 6) is -2.24. The third-order valence-corrected chi connectivity index (χ3v) is 11.3. The average Bonchev–Trinajstić information content (AvgIpc) is 3.37. The van der Waals surface area contributed by atoms with Crippen molar-refractivity contribution in [3.63, 3.8) is 0 Å². The molecule has 4 saturated carbocycles. The van der Waals surface area contributed by atoms with E-state index >= 15 is 0 Å². The topological polar surface area (TPSA) is 85.3 Å². The molecule has 5 aliphatic rings. The van der Waals surface area contributed by atoms with Gasteiger partial charge < -0.3 is 0 Å². The van der Waals surface area contributed by atoms with Crippen LogP contribution in [0.3, 0.4) is 0 Å². The Morgan fingerprint density at radius 1 is 0.585 bits per heavy atom. The van der Waals surface area contributed by atoms with Crippen LogP contribution < -0.4 is 0 Å². The van der Waals surface area contributed by atoms with Gasteiger partial charge in [-0.15, -0.1) is 0 Å². The smallest absolute Gasteiger partial charge is 0.173 e. The van der Waals surface area contributed by atoms with Crippen molar-refractivity contribution in [3.05, 3.63) is 23.3 Å². The SMILES string of the molecule is CC=CC(=O)C1(C(=O)C2CCCCCC2)CCC(C(=O)C2CCC2)C(C(=O)C2CCCC2)=C1C(=O)C1CCCCC1. The van der Waals surface area contributed by atoms with E-state index in [2.05, 4.69) is 0 Å². The Labute approximate surface area is 246 Å². The van der Waals surface area contributed by atoms with Crippen molar-refractivity contribution in [3.8, 4) is 0 Å². The van der Waals surface area contributed by atoms with Gasteiger partial charge in [0.2, 0.25) is 0 Å². The van der Waals surface area contributed by atoms with Crippen LogP contribution in [-0.4, -0.2) is 28.9 Å². The Balaban J connectivity index is 1.73. The van der Waals surface area contributed by atoms with E-state index in [1.165, 1.54) is 6.08 Å². The summed E-state index contributed by atoms with van der Waals surface area (Å²) in [7, 11) is 0. The maximum Gasteiger partial charge on any atom is 0.173 e. The maximum atomic E-state index is 14.9. The molecule has 5 nitrogen and oxygen atoms in total. The molecule has 2 atom stereocenters. The van der Waals surface area contributed by atoms with E-state index < -0.39 is 11.3 Å². The van der Waals surface area contributed by atoms with Crippen LogP contribution in [0.4, 0.5) is 0 Å². The van der Waals surface area contributed by atoms with Crippen molar-refractivity contribution in [2.45, 2.75) is 135 Å². The first-order chi connectivity index (χ1) is 19.9. The number of hydrogen-bond acceptors (Lipinski definition) is 5. The van der Waals surface area contributed by atoms with E-state index in [0.29, 0.717) is 12.0 Å². The van der Waals surface area contributed by atoms with Gasteiger partial charge in [0.05, 0.1) is 0 Å². The van der Waals surface area contributed by atoms with E-state index in [9.17, 15) is 24.0 Å². The van der Waals surface area contributed by atoms with Crippen molar-refractivity contribution < 1.29 is 24.0 Å². The van der Waals surface area contributed by atoms with Crippen molar-refractivity contribution in [1.29, 1.82) is 0 Å². The van der Waals surface area contributed by atoms with Crippen molar-refractivity contribution >= 4 is 28.9 Å². The van der Waals surface area contributed by atoms with Gasteiger partial charge in [-0.25, -0.2) is 0 Å². The van der Waals surface area contributed by atoms with Gasteiger partial charge in [-0.3, -0.25) is 24.0 Å². The Hall–Kier alpha value is -2.17. The lowest BCUT2D eigenvalue weighted by atomic mass is 9.55. The third-order valence-electron chi connectivity index (χ3n) is 11.3. The second-order valence-electron chi connectivity index (χ2n) is 13.8. The van der Waals surface area contributed by atoms with Gasteiger partial charge in [0.1, 0.15) is 11.2 Å². The fraction of sp³-hybridized carbons (Fsp3) is 0.750. The van der Waals surface area contributed by atoms with Gasteiger partial charge in [-0.05, 0) is 77.2 Å². The predicted octanol–water partition coefficient (Wildman–Crippen LogP) is 7.64. The molecule has 5 aliphatic carbocycles. The molecule has 0 amide bonds. The Kier molecular flexibility index (Phi) is 9.92. The molecular weight excluding hydrogens is 512 g/mol. The predicted molar refractivity (Wildman–Crippen MR) is 159 cm³/mol. The van der Waals surface area contributed by atoms with Crippen molar-refractivity contribution in [2.75, 3.05) is 0 Å². The molecule has 5 rings (SSSR count). The van der Waals surface area contributed by atoms with Gasteiger partial charge in [0, 0.05) is 40.7 Å². The van der Waals surface area contributed by atoms with E-state index in [4.69, 9.17) is 0 Å². The molecule has 5 heteroatoms. The maximum absolute atomic E-state index is 14.9. The number of rotatable bonds is 10. The molecule has 0 aromatic rings. The van der Waals surface area contributed by atoms with E-state index in [1.54, 1.807) is 13.0 Å². The molecule has 224 valence electrons. The molecule has 0 saturated heterocycles. The third kappa shape index (κ3) is 5.89. The molecule has 0 bridgehead atoms. The Morgan fingerprint density at radius 3 is 1.61 bits per heavy atom. The molecule has 0 aromatic carbocycles. The average molecular weight is 563 g/mol. The highest BCUT2D eigenvalue weighted by atomic mass is 16.2. The van der Waals surface area contributed by atoms with E-state index in [0.717, 1.165) is 116 Å². The Bertz CT molecular complexity index is 1090. The normalized spacial score (nSPS) is 29.3. The quantitative estimate of drug-likeness (QED) is 0.155. The number of ketones is 5. The fourth-order valence-electron chi connectivity index (χ4n) is 8.71. The van der Waals surface area contributed by atoms with Crippen LogP contribution in [0.15, 0.2) is 23.3 Å². The lowest BCUT2D eigenvalue weighted by molar-refractivity contribution is -0.144. The lowest BCUT2D eigenvalue weighted by Gasteiger charge is -2.44. The molecule has 2 unspecified atom stereocenters. The van der Waals surface area contributed by atoms with E-state index in [1.807, 2.05) is 0 Å². The summed E-state index contributed by atoms with van der Waals surface area (Å²) in [5.41, 5.74) is -1.16. The minimum Gasteiger partial charge on any atom is -0.299 e. The monoisotopic (exact) mass is 562 g/mol. The van der Waals surface area contributed by atoms with Gasteiger partial charge in [0.15, 0.2) is 23.1 Å². The fourth-order valence-corrected chi connectivity index (χ4v) is 8.71. The molecule has 41 heavy (non-hydrogen) atoms. The minimum atomic E-state index is -1.64. The molecule has 0 radical (unpaired) electrons. The van der Waals surface area contributed by atoms with Crippen LogP contribution in [0, 0.1) is 35.0 Å². The summed E-state index contributed by atoms with van der Waals surface area (Å²) in [6.45, 7) is 1.77. The zero-order valence-electron chi connectivity index (χ0n) is 25.2. The number of carbonyl (C=O) groups excluding carboxylic acids is 5. The molecule has 0 N–H and O–H groups in total. The van der Waals surface area contributed by atoms with Gasteiger partial charge in [-0.2, -0.15) is 0 Å². The van der Waals surface area contributed by atoms with Gasteiger partial charge in [0.25, 0.3) is 0 Å². The summed E-state index contributed by atoms with van der Waals surface area (Å²) in [4.78, 5) is 72.6. The van der Waals surface area contributed by atoms with Crippen LogP contribution >= 0.6 is 0 Å². The highest BCUT2D eigenvalue weighted by Crippen LogP contribution is 2.52. The molecular formula is C36H50O5. The summed E-state index contributed by atoms with van der Waals surface area (Å²) >= 11 is 0.